The fourth-order valence-corrected chi connectivity index (χ4v) is 3.93. The molecule has 0 aliphatic carbocycles. The molecule has 0 fully saturated rings. The lowest BCUT2D eigenvalue weighted by Crippen LogP contribution is -2.38. The van der Waals surface area contributed by atoms with Crippen molar-refractivity contribution in [1.82, 2.24) is 19.1 Å². The van der Waals surface area contributed by atoms with Crippen LogP contribution in [0.1, 0.15) is 43.9 Å². The SMILES string of the molecule is CC(Sc1nc(C(C)(C)C)nc2c1c(=O)n(C)c(=O)n2C)C(=O)c1ccc(F)cc1. The number of carbonyl (C=O) groups excluding carboxylic acids is 1. The summed E-state index contributed by atoms with van der Waals surface area (Å²) in [6.07, 6.45) is 0. The summed E-state index contributed by atoms with van der Waals surface area (Å²) in [5.41, 5.74) is -0.849. The topological polar surface area (TPSA) is 86.8 Å². The van der Waals surface area contributed by atoms with Gasteiger partial charge in [-0.15, -0.1) is 0 Å². The highest BCUT2D eigenvalue weighted by atomic mass is 32.2. The number of nitrogens with zero attached hydrogens (tertiary/aromatic N) is 4. The van der Waals surface area contributed by atoms with Crippen LogP contribution in [0.3, 0.4) is 0 Å². The van der Waals surface area contributed by atoms with Crippen molar-refractivity contribution < 1.29 is 9.18 Å². The van der Waals surface area contributed by atoms with Gasteiger partial charge in [-0.1, -0.05) is 32.5 Å². The molecule has 1 unspecified atom stereocenters. The molecule has 0 aliphatic heterocycles. The van der Waals surface area contributed by atoms with Crippen LogP contribution in [-0.2, 0) is 19.5 Å². The van der Waals surface area contributed by atoms with E-state index in [9.17, 15) is 18.8 Å². The molecule has 0 radical (unpaired) electrons. The van der Waals surface area contributed by atoms with E-state index in [0.717, 1.165) is 16.3 Å². The number of thioether (sulfide) groups is 1. The molecule has 7 nitrogen and oxygen atoms in total. The zero-order chi connectivity index (χ0) is 22.4. The number of halogens is 1. The summed E-state index contributed by atoms with van der Waals surface area (Å²) >= 11 is 1.12. The van der Waals surface area contributed by atoms with Gasteiger partial charge in [0.25, 0.3) is 5.56 Å². The molecule has 0 aliphatic rings. The van der Waals surface area contributed by atoms with Crippen molar-refractivity contribution in [2.45, 2.75) is 43.4 Å². The Bertz CT molecular complexity index is 1260. The minimum atomic E-state index is -0.594. The summed E-state index contributed by atoms with van der Waals surface area (Å²) in [7, 11) is 2.94. The van der Waals surface area contributed by atoms with E-state index in [4.69, 9.17) is 0 Å². The van der Waals surface area contributed by atoms with Crippen molar-refractivity contribution in [1.29, 1.82) is 0 Å². The Morgan fingerprint density at radius 1 is 1.07 bits per heavy atom. The van der Waals surface area contributed by atoms with Crippen LogP contribution >= 0.6 is 11.8 Å². The summed E-state index contributed by atoms with van der Waals surface area (Å²) in [5.74, 6) is -0.180. The highest BCUT2D eigenvalue weighted by molar-refractivity contribution is 8.00. The maximum atomic E-state index is 13.2. The first-order valence-electron chi connectivity index (χ1n) is 9.36. The number of hydrogen-bond donors (Lipinski definition) is 0. The number of hydrogen-bond acceptors (Lipinski definition) is 6. The monoisotopic (exact) mass is 430 g/mol. The Morgan fingerprint density at radius 2 is 1.67 bits per heavy atom. The molecular weight excluding hydrogens is 407 g/mol. The van der Waals surface area contributed by atoms with E-state index in [-0.39, 0.29) is 16.8 Å². The van der Waals surface area contributed by atoms with Crippen molar-refractivity contribution in [2.24, 2.45) is 14.1 Å². The van der Waals surface area contributed by atoms with Crippen LogP contribution in [0.4, 0.5) is 4.39 Å². The van der Waals surface area contributed by atoms with Gasteiger partial charge in [0.15, 0.2) is 11.4 Å². The minimum Gasteiger partial charge on any atom is -0.293 e. The predicted molar refractivity (Wildman–Crippen MR) is 115 cm³/mol. The maximum Gasteiger partial charge on any atom is 0.332 e. The molecule has 1 atom stereocenters. The number of ketones is 1. The van der Waals surface area contributed by atoms with Crippen molar-refractivity contribution in [3.05, 3.63) is 62.3 Å². The van der Waals surface area contributed by atoms with Crippen LogP contribution in [0.15, 0.2) is 38.9 Å². The summed E-state index contributed by atoms with van der Waals surface area (Å²) in [6.45, 7) is 7.48. The number of aromatic nitrogens is 4. The molecule has 3 rings (SSSR count). The minimum absolute atomic E-state index is 0.191. The molecule has 0 saturated heterocycles. The predicted octanol–water partition coefficient (Wildman–Crippen LogP) is 2.83. The van der Waals surface area contributed by atoms with Gasteiger partial charge in [-0.25, -0.2) is 19.2 Å². The first kappa shape index (κ1) is 21.9. The molecule has 2 heterocycles. The number of carbonyl (C=O) groups is 1. The van der Waals surface area contributed by atoms with Crippen LogP contribution in [0.25, 0.3) is 11.0 Å². The molecule has 0 bridgehead atoms. The average molecular weight is 431 g/mol. The van der Waals surface area contributed by atoms with Crippen LogP contribution in [0.5, 0.6) is 0 Å². The van der Waals surface area contributed by atoms with Gasteiger partial charge in [0.05, 0.1) is 5.25 Å². The fraction of sp³-hybridized carbons (Fsp3) is 0.381. The Labute approximate surface area is 177 Å². The molecule has 158 valence electrons. The van der Waals surface area contributed by atoms with E-state index >= 15 is 0 Å². The van der Waals surface area contributed by atoms with Crippen molar-refractivity contribution >= 4 is 28.6 Å². The molecule has 9 heteroatoms. The smallest absolute Gasteiger partial charge is 0.293 e. The van der Waals surface area contributed by atoms with Gasteiger partial charge in [0.2, 0.25) is 0 Å². The van der Waals surface area contributed by atoms with Crippen LogP contribution in [0.2, 0.25) is 0 Å². The molecule has 1 aromatic carbocycles. The van der Waals surface area contributed by atoms with Gasteiger partial charge in [-0.2, -0.15) is 0 Å². The zero-order valence-electron chi connectivity index (χ0n) is 17.7. The lowest BCUT2D eigenvalue weighted by atomic mass is 9.96. The Kier molecular flexibility index (Phi) is 5.68. The first-order chi connectivity index (χ1) is 13.9. The van der Waals surface area contributed by atoms with E-state index in [2.05, 4.69) is 9.97 Å². The van der Waals surface area contributed by atoms with E-state index in [1.807, 2.05) is 20.8 Å². The van der Waals surface area contributed by atoms with Crippen molar-refractivity contribution in [2.75, 3.05) is 0 Å². The number of aryl methyl sites for hydroxylation is 1. The quantitative estimate of drug-likeness (QED) is 0.359. The molecule has 0 spiro atoms. The molecule has 0 N–H and O–H groups in total. The number of rotatable bonds is 4. The van der Waals surface area contributed by atoms with Crippen molar-refractivity contribution in [3.8, 4) is 0 Å². The summed E-state index contributed by atoms with van der Waals surface area (Å²) < 4.78 is 15.5. The molecule has 2 aromatic heterocycles. The molecular formula is C21H23FN4O3S. The van der Waals surface area contributed by atoms with Crippen LogP contribution < -0.4 is 11.2 Å². The van der Waals surface area contributed by atoms with Gasteiger partial charge < -0.3 is 0 Å². The number of benzene rings is 1. The Balaban J connectivity index is 2.18. The second kappa shape index (κ2) is 7.79. The number of fused-ring (bicyclic) bond motifs is 1. The van der Waals surface area contributed by atoms with Crippen molar-refractivity contribution in [3.63, 3.8) is 0 Å². The average Bonchev–Trinajstić information content (AvgIpc) is 2.69. The second-order valence-corrected chi connectivity index (χ2v) is 9.47. The van der Waals surface area contributed by atoms with Gasteiger partial charge in [0, 0.05) is 25.1 Å². The normalized spacial score (nSPS) is 12.9. The molecule has 0 saturated carbocycles. The first-order valence-corrected chi connectivity index (χ1v) is 10.2. The highest BCUT2D eigenvalue weighted by Gasteiger charge is 2.26. The number of Topliss-reactive ketones (excluding diaryl/α,β-unsaturated/α-hetero) is 1. The van der Waals surface area contributed by atoms with Gasteiger partial charge in [0.1, 0.15) is 22.1 Å². The largest absolute Gasteiger partial charge is 0.332 e. The summed E-state index contributed by atoms with van der Waals surface area (Å²) in [4.78, 5) is 47.2. The van der Waals surface area contributed by atoms with E-state index < -0.39 is 27.7 Å². The van der Waals surface area contributed by atoms with Gasteiger partial charge >= 0.3 is 5.69 Å². The Hall–Kier alpha value is -2.81. The van der Waals surface area contributed by atoms with Gasteiger partial charge in [-0.05, 0) is 31.2 Å². The fourth-order valence-electron chi connectivity index (χ4n) is 2.92. The summed E-state index contributed by atoms with van der Waals surface area (Å²) in [6, 6.07) is 5.31. The highest BCUT2D eigenvalue weighted by Crippen LogP contribution is 2.30. The maximum absolute atomic E-state index is 13.2. The zero-order valence-corrected chi connectivity index (χ0v) is 18.5. The van der Waals surface area contributed by atoms with Crippen LogP contribution in [-0.4, -0.2) is 30.1 Å². The lowest BCUT2D eigenvalue weighted by Gasteiger charge is -2.20. The third kappa shape index (κ3) is 3.94. The standard InChI is InChI=1S/C21H23FN4O3S/c1-11(15(27)12-7-9-13(22)10-8-12)30-17-14-16(23-19(24-17)21(2,3)4)25(5)20(29)26(6)18(14)28/h7-11H,1-6H3. The van der Waals surface area contributed by atoms with E-state index in [1.54, 1.807) is 14.0 Å². The second-order valence-electron chi connectivity index (χ2n) is 8.14. The molecule has 0 amide bonds. The third-order valence-corrected chi connectivity index (χ3v) is 5.81. The third-order valence-electron chi connectivity index (χ3n) is 4.72. The van der Waals surface area contributed by atoms with Crippen LogP contribution in [0, 0.1) is 5.82 Å². The summed E-state index contributed by atoms with van der Waals surface area (Å²) in [5, 5.41) is -0.0660. The lowest BCUT2D eigenvalue weighted by molar-refractivity contribution is 0.0994. The van der Waals surface area contributed by atoms with Gasteiger partial charge in [-0.3, -0.25) is 18.7 Å². The molecule has 30 heavy (non-hydrogen) atoms. The van der Waals surface area contributed by atoms with E-state index in [0.29, 0.717) is 16.4 Å². The Morgan fingerprint density at radius 3 is 2.23 bits per heavy atom. The molecule has 3 aromatic rings. The van der Waals surface area contributed by atoms with E-state index in [1.165, 1.54) is 35.9 Å².